The molecular formula is C11H26N2. The summed E-state index contributed by atoms with van der Waals surface area (Å²) in [6.45, 7) is 9.00. The number of unbranched alkanes of at least 4 members (excludes halogenated alkanes) is 2. The standard InChI is InChI=1S/C11H26N2/c1-6-7-8-9-12-10-11(2,3)13(4)5/h12H,6-10H2,1-5H3. The molecule has 0 aliphatic rings. The Hall–Kier alpha value is -0.0800. The van der Waals surface area contributed by atoms with Crippen LogP contribution in [0.3, 0.4) is 0 Å². The molecule has 0 radical (unpaired) electrons. The van der Waals surface area contributed by atoms with Crippen LogP contribution >= 0.6 is 0 Å². The molecule has 0 heterocycles. The van der Waals surface area contributed by atoms with Gasteiger partial charge < -0.3 is 10.2 Å². The first kappa shape index (κ1) is 12.9. The maximum Gasteiger partial charge on any atom is 0.0271 e. The van der Waals surface area contributed by atoms with Crippen LogP contribution in [0.4, 0.5) is 0 Å². The molecule has 0 aromatic rings. The Bertz CT molecular complexity index is 119. The monoisotopic (exact) mass is 186 g/mol. The molecule has 0 fully saturated rings. The van der Waals surface area contributed by atoms with E-state index in [-0.39, 0.29) is 5.54 Å². The van der Waals surface area contributed by atoms with Gasteiger partial charge in [-0.3, -0.25) is 0 Å². The summed E-state index contributed by atoms with van der Waals surface area (Å²) in [5, 5.41) is 3.50. The van der Waals surface area contributed by atoms with Crippen molar-refractivity contribution in [2.45, 2.75) is 45.6 Å². The lowest BCUT2D eigenvalue weighted by Gasteiger charge is -2.32. The van der Waals surface area contributed by atoms with Crippen LogP contribution in [-0.2, 0) is 0 Å². The van der Waals surface area contributed by atoms with Crippen LogP contribution in [-0.4, -0.2) is 37.6 Å². The van der Waals surface area contributed by atoms with Crippen LogP contribution in [0.1, 0.15) is 40.0 Å². The van der Waals surface area contributed by atoms with Crippen molar-refractivity contribution in [3.05, 3.63) is 0 Å². The summed E-state index contributed by atoms with van der Waals surface area (Å²) in [6.07, 6.45) is 3.95. The second-order valence-electron chi connectivity index (χ2n) is 4.59. The molecule has 0 spiro atoms. The normalized spacial score (nSPS) is 12.5. The molecule has 0 aromatic heterocycles. The zero-order valence-corrected chi connectivity index (χ0v) is 9.98. The van der Waals surface area contributed by atoms with Gasteiger partial charge in [0.1, 0.15) is 0 Å². The van der Waals surface area contributed by atoms with Crippen molar-refractivity contribution in [3.8, 4) is 0 Å². The number of likely N-dealkylation sites (N-methyl/N-ethyl adjacent to an activating group) is 1. The highest BCUT2D eigenvalue weighted by Crippen LogP contribution is 2.07. The van der Waals surface area contributed by atoms with Crippen LogP contribution in [0.2, 0.25) is 0 Å². The smallest absolute Gasteiger partial charge is 0.0271 e. The van der Waals surface area contributed by atoms with Gasteiger partial charge in [0.2, 0.25) is 0 Å². The molecule has 0 rings (SSSR count). The summed E-state index contributed by atoms with van der Waals surface area (Å²) >= 11 is 0. The lowest BCUT2D eigenvalue weighted by molar-refractivity contribution is 0.190. The predicted molar refractivity (Wildman–Crippen MR) is 60.2 cm³/mol. The molecule has 80 valence electrons. The third-order valence-corrected chi connectivity index (χ3v) is 2.73. The largest absolute Gasteiger partial charge is 0.315 e. The second kappa shape index (κ2) is 6.39. The molecule has 2 nitrogen and oxygen atoms in total. The first-order chi connectivity index (χ1) is 6.00. The third-order valence-electron chi connectivity index (χ3n) is 2.73. The fourth-order valence-electron chi connectivity index (χ4n) is 1.05. The molecule has 13 heavy (non-hydrogen) atoms. The summed E-state index contributed by atoms with van der Waals surface area (Å²) in [4.78, 5) is 2.26. The van der Waals surface area contributed by atoms with Crippen molar-refractivity contribution >= 4 is 0 Å². The van der Waals surface area contributed by atoms with Crippen molar-refractivity contribution in [2.75, 3.05) is 27.2 Å². The maximum absolute atomic E-state index is 3.50. The SMILES string of the molecule is CCCCCNCC(C)(C)N(C)C. The molecule has 0 saturated heterocycles. The van der Waals surface area contributed by atoms with E-state index in [2.05, 4.69) is 45.1 Å². The van der Waals surface area contributed by atoms with E-state index in [0.29, 0.717) is 0 Å². The quantitative estimate of drug-likeness (QED) is 0.613. The molecule has 0 aliphatic carbocycles. The highest BCUT2D eigenvalue weighted by atomic mass is 15.2. The summed E-state index contributed by atoms with van der Waals surface area (Å²) < 4.78 is 0. The van der Waals surface area contributed by atoms with Crippen LogP contribution in [0, 0.1) is 0 Å². The van der Waals surface area contributed by atoms with E-state index in [4.69, 9.17) is 0 Å². The van der Waals surface area contributed by atoms with Gasteiger partial charge >= 0.3 is 0 Å². The van der Waals surface area contributed by atoms with Crippen LogP contribution in [0.25, 0.3) is 0 Å². The van der Waals surface area contributed by atoms with Crippen molar-refractivity contribution in [2.24, 2.45) is 0 Å². The number of hydrogen-bond donors (Lipinski definition) is 1. The first-order valence-electron chi connectivity index (χ1n) is 5.39. The Labute approximate surface area is 83.7 Å². The average Bonchev–Trinajstić information content (AvgIpc) is 2.03. The Kier molecular flexibility index (Phi) is 6.35. The highest BCUT2D eigenvalue weighted by molar-refractivity contribution is 4.79. The van der Waals surface area contributed by atoms with Crippen LogP contribution < -0.4 is 5.32 Å². The first-order valence-corrected chi connectivity index (χ1v) is 5.39. The number of hydrogen-bond acceptors (Lipinski definition) is 2. The van der Waals surface area contributed by atoms with Gasteiger partial charge in [0.15, 0.2) is 0 Å². The Balaban J connectivity index is 3.41. The second-order valence-corrected chi connectivity index (χ2v) is 4.59. The van der Waals surface area contributed by atoms with Crippen molar-refractivity contribution in [1.29, 1.82) is 0 Å². The van der Waals surface area contributed by atoms with Crippen molar-refractivity contribution in [1.82, 2.24) is 10.2 Å². The number of rotatable bonds is 7. The van der Waals surface area contributed by atoms with E-state index < -0.39 is 0 Å². The number of nitrogens with zero attached hydrogens (tertiary/aromatic N) is 1. The zero-order chi connectivity index (χ0) is 10.3. The molecule has 0 atom stereocenters. The predicted octanol–water partition coefficient (Wildman–Crippen LogP) is 2.11. The summed E-state index contributed by atoms with van der Waals surface area (Å²) in [5.74, 6) is 0. The topological polar surface area (TPSA) is 15.3 Å². The van der Waals surface area contributed by atoms with Gasteiger partial charge in [-0.25, -0.2) is 0 Å². The van der Waals surface area contributed by atoms with Gasteiger partial charge in [0.05, 0.1) is 0 Å². The molecule has 2 heteroatoms. The number of nitrogens with one attached hydrogen (secondary N) is 1. The van der Waals surface area contributed by atoms with Gasteiger partial charge in [0, 0.05) is 12.1 Å². The molecule has 0 saturated carbocycles. The molecule has 0 aromatic carbocycles. The summed E-state index contributed by atoms with van der Waals surface area (Å²) in [5.41, 5.74) is 0.270. The van der Waals surface area contributed by atoms with E-state index >= 15 is 0 Å². The van der Waals surface area contributed by atoms with Gasteiger partial charge in [-0.1, -0.05) is 19.8 Å². The van der Waals surface area contributed by atoms with E-state index in [1.807, 2.05) is 0 Å². The minimum atomic E-state index is 0.270. The molecule has 0 aliphatic heterocycles. The average molecular weight is 186 g/mol. The van der Waals surface area contributed by atoms with E-state index in [9.17, 15) is 0 Å². The van der Waals surface area contributed by atoms with E-state index in [1.54, 1.807) is 0 Å². The maximum atomic E-state index is 3.50. The van der Waals surface area contributed by atoms with Crippen LogP contribution in [0.5, 0.6) is 0 Å². The fraction of sp³-hybridized carbons (Fsp3) is 1.00. The van der Waals surface area contributed by atoms with Crippen LogP contribution in [0.15, 0.2) is 0 Å². The van der Waals surface area contributed by atoms with Gasteiger partial charge in [-0.2, -0.15) is 0 Å². The van der Waals surface area contributed by atoms with Crippen molar-refractivity contribution < 1.29 is 0 Å². The lowest BCUT2D eigenvalue weighted by atomic mass is 10.0. The van der Waals surface area contributed by atoms with Gasteiger partial charge in [-0.05, 0) is 40.9 Å². The Morgan fingerprint density at radius 1 is 1.15 bits per heavy atom. The van der Waals surface area contributed by atoms with E-state index in [0.717, 1.165) is 13.1 Å². The van der Waals surface area contributed by atoms with Gasteiger partial charge in [-0.15, -0.1) is 0 Å². The zero-order valence-electron chi connectivity index (χ0n) is 9.98. The third kappa shape index (κ3) is 6.05. The van der Waals surface area contributed by atoms with E-state index in [1.165, 1.54) is 19.3 Å². The molecular weight excluding hydrogens is 160 g/mol. The minimum Gasteiger partial charge on any atom is -0.315 e. The van der Waals surface area contributed by atoms with Gasteiger partial charge in [0.25, 0.3) is 0 Å². The summed E-state index contributed by atoms with van der Waals surface area (Å²) in [6, 6.07) is 0. The van der Waals surface area contributed by atoms with Crippen molar-refractivity contribution in [3.63, 3.8) is 0 Å². The lowest BCUT2D eigenvalue weighted by Crippen LogP contribution is -2.46. The molecule has 0 bridgehead atoms. The fourth-order valence-corrected chi connectivity index (χ4v) is 1.05. The molecule has 0 amide bonds. The molecule has 1 N–H and O–H groups in total. The minimum absolute atomic E-state index is 0.270. The Morgan fingerprint density at radius 3 is 2.23 bits per heavy atom. The molecule has 0 unspecified atom stereocenters. The highest BCUT2D eigenvalue weighted by Gasteiger charge is 2.18. The Morgan fingerprint density at radius 2 is 1.77 bits per heavy atom. The summed E-state index contributed by atoms with van der Waals surface area (Å²) in [7, 11) is 4.27.